The molecule has 5 nitrogen and oxygen atoms in total. The van der Waals surface area contributed by atoms with E-state index in [1.807, 2.05) is 19.4 Å². The molecule has 0 saturated heterocycles. The Labute approximate surface area is 102 Å². The van der Waals surface area contributed by atoms with E-state index in [9.17, 15) is 4.91 Å². The van der Waals surface area contributed by atoms with Crippen LogP contribution < -0.4 is 0 Å². The van der Waals surface area contributed by atoms with Gasteiger partial charge in [-0.05, 0) is 11.6 Å². The van der Waals surface area contributed by atoms with Gasteiger partial charge in [-0.2, -0.15) is 0 Å². The Balaban J connectivity index is 2.52. The molecule has 1 heterocycles. The van der Waals surface area contributed by atoms with Crippen LogP contribution in [0.15, 0.2) is 29.6 Å². The molecule has 0 saturated carbocycles. The van der Waals surface area contributed by atoms with Gasteiger partial charge < -0.3 is 14.5 Å². The van der Waals surface area contributed by atoms with E-state index in [1.54, 1.807) is 9.80 Å². The number of terminal acetylenes is 1. The number of rotatable bonds is 6. The minimum atomic E-state index is -0.190. The third kappa shape index (κ3) is 3.61. The summed E-state index contributed by atoms with van der Waals surface area (Å²) in [4.78, 5) is 13.8. The monoisotopic (exact) mass is 235 g/mol. The maximum atomic E-state index is 10.3. The highest BCUT2D eigenvalue weighted by Gasteiger charge is 2.17. The number of ether oxygens (including phenoxy) is 1. The zero-order chi connectivity index (χ0) is 12.7. The Kier molecular flexibility index (Phi) is 5.24. The Morgan fingerprint density at radius 3 is 3.00 bits per heavy atom. The lowest BCUT2D eigenvalue weighted by molar-refractivity contribution is 0.0288. The number of hydrogen-bond acceptors (Lipinski definition) is 5. The molecule has 0 fully saturated rings. The second kappa shape index (κ2) is 6.71. The molecular weight excluding hydrogens is 218 g/mol. The van der Waals surface area contributed by atoms with E-state index in [1.165, 1.54) is 6.20 Å². The second-order valence-electron chi connectivity index (χ2n) is 3.71. The fraction of sp³-hybridized carbons (Fsp3) is 0.500. The molecule has 0 aromatic rings. The summed E-state index contributed by atoms with van der Waals surface area (Å²) < 4.78 is 5.57. The van der Waals surface area contributed by atoms with Crippen molar-refractivity contribution in [2.45, 2.75) is 25.9 Å². The van der Waals surface area contributed by atoms with Crippen molar-refractivity contribution in [3.05, 3.63) is 29.3 Å². The maximum Gasteiger partial charge on any atom is 0.136 e. The second-order valence-corrected chi connectivity index (χ2v) is 3.71. The summed E-state index contributed by atoms with van der Waals surface area (Å²) in [6.07, 6.45) is 11.9. The van der Waals surface area contributed by atoms with E-state index in [2.05, 4.69) is 18.0 Å². The molecule has 1 atom stereocenters. The average Bonchev–Trinajstić information content (AvgIpc) is 2.67. The van der Waals surface area contributed by atoms with E-state index in [4.69, 9.17) is 11.2 Å². The number of hydrogen-bond donors (Lipinski definition) is 0. The molecule has 1 unspecified atom stereocenters. The molecule has 0 radical (unpaired) electrons. The zero-order valence-electron chi connectivity index (χ0n) is 10.2. The summed E-state index contributed by atoms with van der Waals surface area (Å²) >= 11 is 0. The van der Waals surface area contributed by atoms with Crippen molar-refractivity contribution >= 4 is 0 Å². The molecule has 17 heavy (non-hydrogen) atoms. The van der Waals surface area contributed by atoms with Gasteiger partial charge in [-0.1, -0.05) is 19.3 Å². The molecule has 0 amide bonds. The first-order chi connectivity index (χ1) is 8.22. The summed E-state index contributed by atoms with van der Waals surface area (Å²) in [7, 11) is 1.83. The Morgan fingerprint density at radius 1 is 1.65 bits per heavy atom. The van der Waals surface area contributed by atoms with Gasteiger partial charge in [0.1, 0.15) is 24.9 Å². The standard InChI is InChI=1S/C12H17N3O2/c1-4-6-11(5-2)17-10-15-8-7-14(3)12(15)9-13-16/h2,7-9,11H,4,6,10H2,1,3H3/b12-9-. The third-order valence-electron chi connectivity index (χ3n) is 2.45. The van der Waals surface area contributed by atoms with E-state index in [0.717, 1.165) is 12.8 Å². The van der Waals surface area contributed by atoms with Gasteiger partial charge in [0.05, 0.1) is 0 Å². The quantitative estimate of drug-likeness (QED) is 0.522. The van der Waals surface area contributed by atoms with Crippen LogP contribution in [0, 0.1) is 17.3 Å². The van der Waals surface area contributed by atoms with Crippen molar-refractivity contribution in [2.24, 2.45) is 5.18 Å². The topological polar surface area (TPSA) is 45.1 Å². The molecular formula is C12H17N3O2. The van der Waals surface area contributed by atoms with Gasteiger partial charge >= 0.3 is 0 Å². The largest absolute Gasteiger partial charge is 0.345 e. The van der Waals surface area contributed by atoms with Gasteiger partial charge in [0, 0.05) is 19.4 Å². The van der Waals surface area contributed by atoms with E-state index in [0.29, 0.717) is 12.6 Å². The molecule has 0 aromatic heterocycles. The highest BCUT2D eigenvalue weighted by molar-refractivity contribution is 5.12. The molecule has 1 rings (SSSR count). The Morgan fingerprint density at radius 2 is 2.41 bits per heavy atom. The lowest BCUT2D eigenvalue weighted by Crippen LogP contribution is -2.25. The van der Waals surface area contributed by atoms with Gasteiger partial charge in [-0.3, -0.25) is 0 Å². The summed E-state index contributed by atoms with van der Waals surface area (Å²) in [5.74, 6) is 3.27. The van der Waals surface area contributed by atoms with Crippen LogP contribution in [0.2, 0.25) is 0 Å². The molecule has 0 spiro atoms. The lowest BCUT2D eigenvalue weighted by Gasteiger charge is -2.22. The fourth-order valence-corrected chi connectivity index (χ4v) is 1.50. The van der Waals surface area contributed by atoms with Gasteiger partial charge in [-0.15, -0.1) is 11.3 Å². The van der Waals surface area contributed by atoms with Crippen molar-refractivity contribution in [1.82, 2.24) is 9.80 Å². The minimum Gasteiger partial charge on any atom is -0.345 e. The number of nitrogens with zero attached hydrogens (tertiary/aromatic N) is 3. The van der Waals surface area contributed by atoms with Crippen molar-refractivity contribution in [3.63, 3.8) is 0 Å². The van der Waals surface area contributed by atoms with E-state index in [-0.39, 0.29) is 6.10 Å². The summed E-state index contributed by atoms with van der Waals surface area (Å²) in [6, 6.07) is 0. The van der Waals surface area contributed by atoms with Crippen molar-refractivity contribution in [3.8, 4) is 12.3 Å². The Hall–Kier alpha value is -1.80. The zero-order valence-corrected chi connectivity index (χ0v) is 10.2. The highest BCUT2D eigenvalue weighted by atomic mass is 16.5. The molecule has 0 N–H and O–H groups in total. The van der Waals surface area contributed by atoms with Crippen LogP contribution in [0.3, 0.4) is 0 Å². The van der Waals surface area contributed by atoms with Crippen LogP contribution in [-0.2, 0) is 4.74 Å². The maximum absolute atomic E-state index is 10.3. The predicted octanol–water partition coefficient (Wildman–Crippen LogP) is 2.05. The van der Waals surface area contributed by atoms with E-state index < -0.39 is 0 Å². The van der Waals surface area contributed by atoms with Crippen LogP contribution >= 0.6 is 0 Å². The minimum absolute atomic E-state index is 0.190. The smallest absolute Gasteiger partial charge is 0.136 e. The van der Waals surface area contributed by atoms with Gasteiger partial charge in [-0.25, -0.2) is 0 Å². The molecule has 92 valence electrons. The van der Waals surface area contributed by atoms with Crippen LogP contribution in [-0.4, -0.2) is 29.7 Å². The van der Waals surface area contributed by atoms with Crippen LogP contribution in [0.5, 0.6) is 0 Å². The first-order valence-corrected chi connectivity index (χ1v) is 5.51. The predicted molar refractivity (Wildman–Crippen MR) is 66.1 cm³/mol. The lowest BCUT2D eigenvalue weighted by atomic mass is 10.2. The van der Waals surface area contributed by atoms with Crippen molar-refractivity contribution < 1.29 is 4.74 Å². The van der Waals surface area contributed by atoms with Gasteiger partial charge in [0.15, 0.2) is 0 Å². The molecule has 5 heteroatoms. The van der Waals surface area contributed by atoms with Crippen LogP contribution in [0.25, 0.3) is 0 Å². The molecule has 0 aromatic carbocycles. The molecule has 1 aliphatic heterocycles. The highest BCUT2D eigenvalue weighted by Crippen LogP contribution is 2.18. The summed E-state index contributed by atoms with van der Waals surface area (Å²) in [6.45, 7) is 2.37. The third-order valence-corrected chi connectivity index (χ3v) is 2.45. The fourth-order valence-electron chi connectivity index (χ4n) is 1.50. The first kappa shape index (κ1) is 13.3. The van der Waals surface area contributed by atoms with Gasteiger partial charge in [0.25, 0.3) is 0 Å². The first-order valence-electron chi connectivity index (χ1n) is 5.51. The van der Waals surface area contributed by atoms with Crippen LogP contribution in [0.1, 0.15) is 19.8 Å². The SMILES string of the molecule is C#CC(CCC)OCN1C=CN(C)/C1=C/N=O. The van der Waals surface area contributed by atoms with Gasteiger partial charge in [0.2, 0.25) is 0 Å². The molecule has 0 bridgehead atoms. The van der Waals surface area contributed by atoms with Crippen molar-refractivity contribution in [1.29, 1.82) is 0 Å². The van der Waals surface area contributed by atoms with E-state index >= 15 is 0 Å². The molecule has 0 aliphatic carbocycles. The van der Waals surface area contributed by atoms with Crippen LogP contribution in [0.4, 0.5) is 0 Å². The average molecular weight is 235 g/mol. The summed E-state index contributed by atoms with van der Waals surface area (Å²) in [5.41, 5.74) is 0. The normalized spacial score (nSPS) is 18.5. The summed E-state index contributed by atoms with van der Waals surface area (Å²) in [5, 5.41) is 2.77. The Bertz CT molecular complexity index is 357. The van der Waals surface area contributed by atoms with Crippen molar-refractivity contribution in [2.75, 3.05) is 13.8 Å². The number of nitroso groups, excluding NO2 is 1. The molecule has 1 aliphatic rings.